The van der Waals surface area contributed by atoms with Crippen molar-refractivity contribution >= 4 is 33.9 Å². The zero-order valence-corrected chi connectivity index (χ0v) is 14.1. The first-order valence-electron chi connectivity index (χ1n) is 8.13. The Kier molecular flexibility index (Phi) is 4.66. The molecule has 0 fully saturated rings. The van der Waals surface area contributed by atoms with Crippen molar-refractivity contribution in [2.45, 2.75) is 25.9 Å². The van der Waals surface area contributed by atoms with Gasteiger partial charge in [0.1, 0.15) is 22.4 Å². The summed E-state index contributed by atoms with van der Waals surface area (Å²) < 4.78 is 2.04. The average Bonchev–Trinajstić information content (AvgIpc) is 2.94. The Morgan fingerprint density at radius 2 is 2.08 bits per heavy atom. The van der Waals surface area contributed by atoms with Crippen molar-refractivity contribution in [1.82, 2.24) is 24.4 Å². The maximum absolute atomic E-state index is 11.4. The number of primary amides is 1. The first-order valence-corrected chi connectivity index (χ1v) is 8.13. The summed E-state index contributed by atoms with van der Waals surface area (Å²) in [5.41, 5.74) is 19.9. The molecule has 0 saturated carbocycles. The minimum atomic E-state index is -0.519. The van der Waals surface area contributed by atoms with Crippen molar-refractivity contribution in [3.8, 4) is 0 Å². The summed E-state index contributed by atoms with van der Waals surface area (Å²) in [7, 11) is 1.63. The lowest BCUT2D eigenvalue weighted by Crippen LogP contribution is -2.32. The molecule has 3 aromatic heterocycles. The van der Waals surface area contributed by atoms with Gasteiger partial charge in [0.05, 0.1) is 12.1 Å². The van der Waals surface area contributed by atoms with E-state index >= 15 is 0 Å². The van der Waals surface area contributed by atoms with Crippen LogP contribution in [-0.2, 0) is 13.1 Å². The van der Waals surface area contributed by atoms with Crippen molar-refractivity contribution in [3.05, 3.63) is 24.2 Å². The number of carbonyl (C=O) groups is 1. The molecule has 0 atom stereocenters. The molecule has 6 N–H and O–H groups in total. The van der Waals surface area contributed by atoms with Crippen LogP contribution in [0.4, 0.5) is 10.6 Å². The van der Waals surface area contributed by atoms with Crippen LogP contribution >= 0.6 is 0 Å². The minimum absolute atomic E-state index is 0.278. The number of carbonyl (C=O) groups excluding carboxylic acids is 1. The lowest BCUT2D eigenvalue weighted by atomic mass is 10.2. The number of amides is 2. The van der Waals surface area contributed by atoms with Gasteiger partial charge in [-0.1, -0.05) is 0 Å². The molecular weight excluding hydrogens is 320 g/mol. The van der Waals surface area contributed by atoms with E-state index in [-0.39, 0.29) is 6.54 Å². The summed E-state index contributed by atoms with van der Waals surface area (Å²) in [5.74, 6) is 1.04. The van der Waals surface area contributed by atoms with E-state index in [0.717, 1.165) is 23.9 Å². The summed E-state index contributed by atoms with van der Waals surface area (Å²) in [6, 6.07) is 3.16. The van der Waals surface area contributed by atoms with Crippen LogP contribution in [0.25, 0.3) is 22.1 Å². The number of aryl methyl sites for hydroxylation is 1. The van der Waals surface area contributed by atoms with Crippen molar-refractivity contribution in [1.29, 1.82) is 0 Å². The summed E-state index contributed by atoms with van der Waals surface area (Å²) in [6.07, 6.45) is 3.48. The SMILES string of the molecule is CN(Cc1nc2c(N)nc3cccnc3c2n1CCCCN)C(N)=O. The highest BCUT2D eigenvalue weighted by Crippen LogP contribution is 2.28. The molecule has 3 heterocycles. The van der Waals surface area contributed by atoms with Crippen LogP contribution in [0.5, 0.6) is 0 Å². The van der Waals surface area contributed by atoms with Gasteiger partial charge in [-0.15, -0.1) is 0 Å². The van der Waals surface area contributed by atoms with Gasteiger partial charge in [-0.25, -0.2) is 14.8 Å². The Morgan fingerprint density at radius 1 is 1.28 bits per heavy atom. The van der Waals surface area contributed by atoms with Crippen LogP contribution in [-0.4, -0.2) is 44.0 Å². The van der Waals surface area contributed by atoms with E-state index in [4.69, 9.17) is 17.2 Å². The number of aromatic nitrogens is 4. The molecule has 9 heteroatoms. The first kappa shape index (κ1) is 16.9. The molecule has 0 aliphatic rings. The number of anilines is 1. The van der Waals surface area contributed by atoms with Gasteiger partial charge in [-0.05, 0) is 31.5 Å². The molecule has 0 aliphatic heterocycles. The third kappa shape index (κ3) is 3.18. The molecule has 0 spiro atoms. The smallest absolute Gasteiger partial charge is 0.314 e. The normalized spacial score (nSPS) is 11.3. The van der Waals surface area contributed by atoms with Crippen molar-refractivity contribution in [2.75, 3.05) is 19.3 Å². The second-order valence-electron chi connectivity index (χ2n) is 5.94. The second kappa shape index (κ2) is 6.89. The largest absolute Gasteiger partial charge is 0.382 e. The van der Waals surface area contributed by atoms with Gasteiger partial charge >= 0.3 is 6.03 Å². The van der Waals surface area contributed by atoms with E-state index in [9.17, 15) is 4.79 Å². The van der Waals surface area contributed by atoms with Gasteiger partial charge in [0, 0.05) is 19.8 Å². The number of hydrogen-bond acceptors (Lipinski definition) is 6. The van der Waals surface area contributed by atoms with Crippen LogP contribution in [0.15, 0.2) is 18.3 Å². The highest BCUT2D eigenvalue weighted by Gasteiger charge is 2.19. The zero-order chi connectivity index (χ0) is 18.0. The molecule has 0 bridgehead atoms. The second-order valence-corrected chi connectivity index (χ2v) is 5.94. The standard InChI is InChI=1S/C16H22N8O/c1-23(16(19)25)9-11-22-13-14(24(11)8-3-2-6-17)12-10(21-15(13)18)5-4-7-20-12/h4-5,7H,2-3,6,8-9,17H2,1H3,(H2,18,21)(H2,19,25). The molecule has 0 aromatic carbocycles. The number of nitrogens with two attached hydrogens (primary N) is 3. The van der Waals surface area contributed by atoms with E-state index < -0.39 is 6.03 Å². The molecule has 9 nitrogen and oxygen atoms in total. The van der Waals surface area contributed by atoms with E-state index in [1.54, 1.807) is 13.2 Å². The number of nitrogen functional groups attached to an aromatic ring is 1. The van der Waals surface area contributed by atoms with Gasteiger partial charge < -0.3 is 26.7 Å². The number of nitrogens with zero attached hydrogens (tertiary/aromatic N) is 5. The van der Waals surface area contributed by atoms with Crippen molar-refractivity contribution in [2.24, 2.45) is 11.5 Å². The number of fused-ring (bicyclic) bond motifs is 3. The molecule has 3 aromatic rings. The molecule has 0 saturated heterocycles. The lowest BCUT2D eigenvalue weighted by Gasteiger charge is -2.15. The highest BCUT2D eigenvalue weighted by atomic mass is 16.2. The molecule has 0 unspecified atom stereocenters. The quantitative estimate of drug-likeness (QED) is 0.566. The fraction of sp³-hybridized carbons (Fsp3) is 0.375. The Balaban J connectivity index is 2.20. The summed E-state index contributed by atoms with van der Waals surface area (Å²) in [5, 5.41) is 0. The number of unbranched alkanes of at least 4 members (excludes halogenated alkanes) is 1. The Morgan fingerprint density at radius 3 is 2.80 bits per heavy atom. The van der Waals surface area contributed by atoms with Crippen LogP contribution < -0.4 is 17.2 Å². The Labute approximate surface area is 144 Å². The number of urea groups is 1. The van der Waals surface area contributed by atoms with Crippen molar-refractivity contribution in [3.63, 3.8) is 0 Å². The lowest BCUT2D eigenvalue weighted by molar-refractivity contribution is 0.215. The van der Waals surface area contributed by atoms with Gasteiger partial charge in [-0.3, -0.25) is 4.98 Å². The van der Waals surface area contributed by atoms with E-state index in [1.807, 2.05) is 16.7 Å². The van der Waals surface area contributed by atoms with Crippen LogP contribution in [0.1, 0.15) is 18.7 Å². The first-order chi connectivity index (χ1) is 12.0. The maximum atomic E-state index is 11.4. The summed E-state index contributed by atoms with van der Waals surface area (Å²) in [6.45, 7) is 1.59. The minimum Gasteiger partial charge on any atom is -0.382 e. The Bertz CT molecular complexity index is 919. The fourth-order valence-corrected chi connectivity index (χ4v) is 2.84. The summed E-state index contributed by atoms with van der Waals surface area (Å²) in [4.78, 5) is 26.3. The molecule has 25 heavy (non-hydrogen) atoms. The van der Waals surface area contributed by atoms with Gasteiger partial charge in [0.15, 0.2) is 5.82 Å². The third-order valence-electron chi connectivity index (χ3n) is 4.13. The fourth-order valence-electron chi connectivity index (χ4n) is 2.84. The number of rotatable bonds is 6. The van der Waals surface area contributed by atoms with E-state index in [1.165, 1.54) is 4.90 Å². The van der Waals surface area contributed by atoms with Crippen LogP contribution in [0.2, 0.25) is 0 Å². The molecule has 3 rings (SSSR count). The van der Waals surface area contributed by atoms with Crippen LogP contribution in [0, 0.1) is 0 Å². The van der Waals surface area contributed by atoms with Crippen molar-refractivity contribution < 1.29 is 4.79 Å². The van der Waals surface area contributed by atoms with Gasteiger partial charge in [0.2, 0.25) is 0 Å². The van der Waals surface area contributed by atoms with Gasteiger partial charge in [0.25, 0.3) is 0 Å². The number of hydrogen-bond donors (Lipinski definition) is 3. The predicted molar refractivity (Wildman–Crippen MR) is 96.6 cm³/mol. The monoisotopic (exact) mass is 342 g/mol. The zero-order valence-electron chi connectivity index (χ0n) is 14.1. The maximum Gasteiger partial charge on any atom is 0.314 e. The highest BCUT2D eigenvalue weighted by molar-refractivity contribution is 6.04. The molecule has 0 aliphatic carbocycles. The molecule has 2 amide bonds. The molecule has 0 radical (unpaired) electrons. The predicted octanol–water partition coefficient (Wildman–Crippen LogP) is 0.811. The van der Waals surface area contributed by atoms with Gasteiger partial charge in [-0.2, -0.15) is 0 Å². The Hall–Kier alpha value is -2.94. The molecule has 132 valence electrons. The molecular formula is C16H22N8O. The third-order valence-corrected chi connectivity index (χ3v) is 4.13. The number of imidazole rings is 1. The summed E-state index contributed by atoms with van der Waals surface area (Å²) >= 11 is 0. The topological polar surface area (TPSA) is 142 Å². The average molecular weight is 342 g/mol. The van der Waals surface area contributed by atoms with E-state index in [2.05, 4.69) is 15.0 Å². The van der Waals surface area contributed by atoms with Crippen LogP contribution in [0.3, 0.4) is 0 Å². The number of pyridine rings is 2. The van der Waals surface area contributed by atoms with E-state index in [0.29, 0.717) is 35.8 Å².